The average Bonchev–Trinajstić information content (AvgIpc) is 3.64. The Hall–Kier alpha value is -2.44. The molecule has 3 heterocycles. The molecule has 27 heavy (non-hydrogen) atoms. The van der Waals surface area contributed by atoms with Crippen LogP contribution in [0.15, 0.2) is 35.2 Å². The largest absolute Gasteiger partial charge is 0.411 e. The van der Waals surface area contributed by atoms with Gasteiger partial charge in [0.25, 0.3) is 0 Å². The van der Waals surface area contributed by atoms with Crippen LogP contribution in [-0.2, 0) is 4.79 Å². The van der Waals surface area contributed by atoms with Gasteiger partial charge >= 0.3 is 6.01 Å². The van der Waals surface area contributed by atoms with Crippen LogP contribution >= 0.6 is 0 Å². The summed E-state index contributed by atoms with van der Waals surface area (Å²) < 4.78 is 4.98. The second-order valence-corrected chi connectivity index (χ2v) is 7.96. The summed E-state index contributed by atoms with van der Waals surface area (Å²) >= 11 is 0. The minimum absolute atomic E-state index is 0.115. The lowest BCUT2D eigenvalue weighted by molar-refractivity contribution is -0.133. The minimum atomic E-state index is -0.321. The Balaban J connectivity index is 0.000000167. The Labute approximate surface area is 159 Å². The van der Waals surface area contributed by atoms with E-state index in [2.05, 4.69) is 32.6 Å². The van der Waals surface area contributed by atoms with Crippen molar-refractivity contribution in [2.45, 2.75) is 57.4 Å². The molecule has 5 rings (SSSR count). The van der Waals surface area contributed by atoms with Crippen molar-refractivity contribution in [1.82, 2.24) is 20.1 Å². The van der Waals surface area contributed by atoms with Gasteiger partial charge in [-0.1, -0.05) is 11.2 Å². The smallest absolute Gasteiger partial charge is 0.315 e. The van der Waals surface area contributed by atoms with Gasteiger partial charge in [-0.05, 0) is 63.0 Å². The van der Waals surface area contributed by atoms with Crippen LogP contribution in [0.25, 0.3) is 0 Å². The summed E-state index contributed by atoms with van der Waals surface area (Å²) in [6.07, 6.45) is 10.8. The zero-order valence-corrected chi connectivity index (χ0v) is 15.8. The number of hydrogen-bond donors (Lipinski definition) is 1. The summed E-state index contributed by atoms with van der Waals surface area (Å²) in [5.74, 6) is 0.912. The number of carbonyl (C=O) groups is 1. The number of piperidine rings is 1. The molecule has 0 aromatic carbocycles. The van der Waals surface area contributed by atoms with Gasteiger partial charge in [-0.15, -0.1) is 5.10 Å². The maximum absolute atomic E-state index is 12.2. The summed E-state index contributed by atoms with van der Waals surface area (Å²) in [5, 5.41) is 10.2. The number of likely N-dealkylation sites (tertiary alicyclic amines) is 1. The summed E-state index contributed by atoms with van der Waals surface area (Å²) in [5.41, 5.74) is 1.87. The van der Waals surface area contributed by atoms with Crippen molar-refractivity contribution in [3.8, 4) is 0 Å². The van der Waals surface area contributed by atoms with Gasteiger partial charge in [-0.25, -0.2) is 0 Å². The predicted octanol–water partition coefficient (Wildman–Crippen LogP) is 3.23. The fourth-order valence-electron chi connectivity index (χ4n) is 3.63. The van der Waals surface area contributed by atoms with Crippen LogP contribution in [0.5, 0.6) is 0 Å². The third-order valence-corrected chi connectivity index (χ3v) is 5.85. The van der Waals surface area contributed by atoms with E-state index in [0.717, 1.165) is 31.8 Å². The fraction of sp³-hybridized carbons (Fsp3) is 0.600. The molecule has 1 unspecified atom stereocenters. The Morgan fingerprint density at radius 3 is 2.59 bits per heavy atom. The number of anilines is 1. The lowest BCUT2D eigenvalue weighted by atomic mass is 9.93. The van der Waals surface area contributed by atoms with Crippen LogP contribution in [0, 0.1) is 5.41 Å². The molecular weight excluding hydrogens is 342 g/mol. The number of pyridine rings is 1. The predicted molar refractivity (Wildman–Crippen MR) is 101 cm³/mol. The van der Waals surface area contributed by atoms with E-state index in [1.165, 1.54) is 37.8 Å². The molecule has 1 spiro atoms. The minimum Gasteiger partial charge on any atom is -0.411 e. The van der Waals surface area contributed by atoms with Crippen molar-refractivity contribution in [3.05, 3.63) is 36.5 Å². The van der Waals surface area contributed by atoms with E-state index in [9.17, 15) is 4.79 Å². The van der Waals surface area contributed by atoms with E-state index in [1.54, 1.807) is 0 Å². The first-order valence-corrected chi connectivity index (χ1v) is 9.88. The Morgan fingerprint density at radius 1 is 1.26 bits per heavy atom. The molecule has 1 atom stereocenters. The summed E-state index contributed by atoms with van der Waals surface area (Å²) in [6.45, 7) is 3.59. The quantitative estimate of drug-likeness (QED) is 0.891. The van der Waals surface area contributed by atoms with Crippen LogP contribution in [0.1, 0.15) is 57.1 Å². The first-order valence-electron chi connectivity index (χ1n) is 9.88. The van der Waals surface area contributed by atoms with E-state index in [0.29, 0.717) is 11.4 Å². The number of hydrogen-bond acceptors (Lipinski definition) is 6. The van der Waals surface area contributed by atoms with Crippen molar-refractivity contribution < 1.29 is 9.21 Å². The molecule has 2 aliphatic carbocycles. The lowest BCUT2D eigenvalue weighted by Crippen LogP contribution is -2.45. The highest BCUT2D eigenvalue weighted by molar-refractivity contribution is 5.83. The molecule has 2 aromatic heterocycles. The van der Waals surface area contributed by atoms with Crippen molar-refractivity contribution in [1.29, 1.82) is 0 Å². The van der Waals surface area contributed by atoms with Gasteiger partial charge in [-0.2, -0.15) is 0 Å². The van der Waals surface area contributed by atoms with Gasteiger partial charge in [0.2, 0.25) is 12.3 Å². The van der Waals surface area contributed by atoms with Crippen molar-refractivity contribution >= 4 is 11.9 Å². The Morgan fingerprint density at radius 2 is 2.04 bits per heavy atom. The highest BCUT2D eigenvalue weighted by atomic mass is 16.4. The molecule has 144 valence electrons. The van der Waals surface area contributed by atoms with Crippen LogP contribution in [0.3, 0.4) is 0 Å². The number of nitrogens with one attached hydrogen (secondary N) is 1. The highest BCUT2D eigenvalue weighted by Crippen LogP contribution is 2.53. The van der Waals surface area contributed by atoms with Crippen molar-refractivity contribution in [2.75, 3.05) is 18.4 Å². The monoisotopic (exact) mass is 369 g/mol. The number of aromatic nitrogens is 3. The molecular formula is C20H27N5O2. The van der Waals surface area contributed by atoms with Crippen LogP contribution < -0.4 is 5.32 Å². The summed E-state index contributed by atoms with van der Waals surface area (Å²) in [4.78, 5) is 18.4. The van der Waals surface area contributed by atoms with Crippen LogP contribution in [-0.4, -0.2) is 45.1 Å². The van der Waals surface area contributed by atoms with Crippen molar-refractivity contribution in [2.24, 2.45) is 5.41 Å². The van der Waals surface area contributed by atoms with Gasteiger partial charge < -0.3 is 14.6 Å². The first-order chi connectivity index (χ1) is 13.2. The Bertz CT molecular complexity index is 731. The van der Waals surface area contributed by atoms with Crippen molar-refractivity contribution in [3.63, 3.8) is 0 Å². The molecule has 7 nitrogen and oxygen atoms in total. The van der Waals surface area contributed by atoms with Gasteiger partial charge in [0.05, 0.1) is 0 Å². The molecule has 3 fully saturated rings. The molecule has 0 radical (unpaired) electrons. The number of amides is 1. The van der Waals surface area contributed by atoms with Crippen LogP contribution in [0.4, 0.5) is 6.01 Å². The third-order valence-electron chi connectivity index (χ3n) is 5.85. The SMILES string of the molecule is CC(Nc1nnco1)C(=O)N1CCC2(CC1)CC2.c1ccc(C2CC2)nc1. The van der Waals surface area contributed by atoms with Crippen LogP contribution in [0.2, 0.25) is 0 Å². The molecule has 1 aliphatic heterocycles. The average molecular weight is 369 g/mol. The van der Waals surface area contributed by atoms with Gasteiger partial charge in [0.1, 0.15) is 6.04 Å². The van der Waals surface area contributed by atoms with Gasteiger partial charge in [-0.3, -0.25) is 9.78 Å². The van der Waals surface area contributed by atoms with E-state index in [1.807, 2.05) is 24.1 Å². The molecule has 2 saturated carbocycles. The molecule has 1 amide bonds. The topological polar surface area (TPSA) is 84.2 Å². The van der Waals surface area contributed by atoms with Gasteiger partial charge in [0.15, 0.2) is 0 Å². The second kappa shape index (κ2) is 7.66. The molecule has 0 bridgehead atoms. The number of nitrogens with zero attached hydrogens (tertiary/aromatic N) is 4. The van der Waals surface area contributed by atoms with E-state index in [-0.39, 0.29) is 11.9 Å². The third kappa shape index (κ3) is 4.64. The molecule has 2 aromatic rings. The zero-order valence-electron chi connectivity index (χ0n) is 15.8. The molecule has 3 aliphatic rings. The molecule has 7 heteroatoms. The maximum atomic E-state index is 12.2. The van der Waals surface area contributed by atoms with E-state index < -0.39 is 0 Å². The summed E-state index contributed by atoms with van der Waals surface area (Å²) in [6, 6.07) is 6.11. The molecule has 1 saturated heterocycles. The number of carbonyl (C=O) groups excluding carboxylic acids is 1. The number of rotatable bonds is 4. The van der Waals surface area contributed by atoms with E-state index in [4.69, 9.17) is 4.42 Å². The zero-order chi connectivity index (χ0) is 18.7. The maximum Gasteiger partial charge on any atom is 0.315 e. The Kier molecular flexibility index (Phi) is 5.09. The molecule has 1 N–H and O–H groups in total. The lowest BCUT2D eigenvalue weighted by Gasteiger charge is -2.33. The van der Waals surface area contributed by atoms with Gasteiger partial charge in [0, 0.05) is 30.9 Å². The highest BCUT2D eigenvalue weighted by Gasteiger charge is 2.45. The normalized spacial score (nSPS) is 21.1. The standard InChI is InChI=1S/C12H18N4O2.C8H9N/c1-9(14-11-15-13-8-18-11)10(17)16-6-4-12(2-3-12)5-7-16;1-2-6-9-8(3-1)7-4-5-7/h8-9H,2-7H2,1H3,(H,14,15);1-3,6-7H,4-5H2. The fourth-order valence-corrected chi connectivity index (χ4v) is 3.63. The second-order valence-electron chi connectivity index (χ2n) is 7.96. The first kappa shape index (κ1) is 17.9. The summed E-state index contributed by atoms with van der Waals surface area (Å²) in [7, 11) is 0. The van der Waals surface area contributed by atoms with E-state index >= 15 is 0 Å².